The molecule has 0 atom stereocenters. The second-order valence-corrected chi connectivity index (χ2v) is 3.99. The molecule has 1 aromatic carbocycles. The quantitative estimate of drug-likeness (QED) is 0.756. The fourth-order valence-electron chi connectivity index (χ4n) is 1.78. The molecule has 0 bridgehead atoms. The van der Waals surface area contributed by atoms with Gasteiger partial charge in [0.15, 0.2) is 11.6 Å². The summed E-state index contributed by atoms with van der Waals surface area (Å²) in [4.78, 5) is 13.2. The summed E-state index contributed by atoms with van der Waals surface area (Å²) in [5, 5.41) is 0. The van der Waals surface area contributed by atoms with Gasteiger partial charge in [-0.15, -0.1) is 0 Å². The number of rotatable bonds is 1. The first-order chi connectivity index (χ1) is 8.16. The van der Waals surface area contributed by atoms with E-state index in [1.165, 1.54) is 6.07 Å². The molecule has 1 amide bonds. The first-order valence-corrected chi connectivity index (χ1v) is 5.58. The topological polar surface area (TPSA) is 29.5 Å². The van der Waals surface area contributed by atoms with Gasteiger partial charge in [0.05, 0.1) is 0 Å². The summed E-state index contributed by atoms with van der Waals surface area (Å²) in [6.45, 7) is 1.31. The van der Waals surface area contributed by atoms with E-state index in [4.69, 9.17) is 4.74 Å². The van der Waals surface area contributed by atoms with Crippen molar-refractivity contribution in [3.8, 4) is 5.75 Å². The Hall–Kier alpha value is -1.65. The van der Waals surface area contributed by atoms with Crippen molar-refractivity contribution in [2.75, 3.05) is 13.1 Å². The fourth-order valence-corrected chi connectivity index (χ4v) is 1.78. The lowest BCUT2D eigenvalue weighted by atomic mass is 10.1. The second-order valence-electron chi connectivity index (χ2n) is 3.99. The zero-order valence-corrected chi connectivity index (χ0v) is 9.29. The SMILES string of the molecule is O=C(Oc1ccc(F)c(F)c1)N1CCCCC1. The number of carbonyl (C=O) groups is 1. The molecule has 0 aliphatic carbocycles. The first-order valence-electron chi connectivity index (χ1n) is 5.58. The van der Waals surface area contributed by atoms with E-state index >= 15 is 0 Å². The Bertz CT molecular complexity index is 417. The minimum Gasteiger partial charge on any atom is -0.410 e. The third-order valence-electron chi connectivity index (χ3n) is 2.71. The van der Waals surface area contributed by atoms with Crippen molar-refractivity contribution >= 4 is 6.09 Å². The third-order valence-corrected chi connectivity index (χ3v) is 2.71. The van der Waals surface area contributed by atoms with Crippen LogP contribution in [0.2, 0.25) is 0 Å². The second kappa shape index (κ2) is 5.12. The van der Waals surface area contributed by atoms with Gasteiger partial charge in [-0.1, -0.05) is 0 Å². The smallest absolute Gasteiger partial charge is 0.410 e. The van der Waals surface area contributed by atoms with Crippen LogP contribution in [0.25, 0.3) is 0 Å². The molecule has 1 aliphatic rings. The van der Waals surface area contributed by atoms with Gasteiger partial charge in [0.1, 0.15) is 5.75 Å². The summed E-state index contributed by atoms with van der Waals surface area (Å²) >= 11 is 0. The summed E-state index contributed by atoms with van der Waals surface area (Å²) in [5.41, 5.74) is 0. The van der Waals surface area contributed by atoms with Gasteiger partial charge < -0.3 is 9.64 Å². The molecule has 2 rings (SSSR count). The molecule has 92 valence electrons. The molecule has 1 saturated heterocycles. The molecule has 0 saturated carbocycles. The van der Waals surface area contributed by atoms with Crippen molar-refractivity contribution in [1.82, 2.24) is 4.90 Å². The summed E-state index contributed by atoms with van der Waals surface area (Å²) in [6, 6.07) is 3.05. The Labute approximate surface area is 98.0 Å². The molecule has 3 nitrogen and oxygen atoms in total. The van der Waals surface area contributed by atoms with Gasteiger partial charge >= 0.3 is 6.09 Å². The van der Waals surface area contributed by atoms with Crippen LogP contribution in [0, 0.1) is 11.6 Å². The van der Waals surface area contributed by atoms with Crippen LogP contribution in [-0.4, -0.2) is 24.1 Å². The summed E-state index contributed by atoms with van der Waals surface area (Å²) in [5.74, 6) is -1.95. The number of amides is 1. The third kappa shape index (κ3) is 2.93. The molecule has 0 radical (unpaired) electrons. The zero-order chi connectivity index (χ0) is 12.3. The van der Waals surface area contributed by atoms with Crippen LogP contribution in [0.4, 0.5) is 13.6 Å². The van der Waals surface area contributed by atoms with E-state index in [0.717, 1.165) is 31.4 Å². The number of benzene rings is 1. The molecule has 0 unspecified atom stereocenters. The van der Waals surface area contributed by atoms with Gasteiger partial charge in [0.2, 0.25) is 0 Å². The minimum absolute atomic E-state index is 0.0273. The van der Waals surface area contributed by atoms with E-state index in [0.29, 0.717) is 13.1 Å². The number of hydrogen-bond acceptors (Lipinski definition) is 2. The van der Waals surface area contributed by atoms with Gasteiger partial charge in [-0.25, -0.2) is 13.6 Å². The van der Waals surface area contributed by atoms with E-state index in [9.17, 15) is 13.6 Å². The van der Waals surface area contributed by atoms with Gasteiger partial charge in [-0.3, -0.25) is 0 Å². The molecule has 17 heavy (non-hydrogen) atoms. The zero-order valence-electron chi connectivity index (χ0n) is 9.29. The number of likely N-dealkylation sites (tertiary alicyclic amines) is 1. The van der Waals surface area contributed by atoms with Crippen LogP contribution in [0.5, 0.6) is 5.75 Å². The van der Waals surface area contributed by atoms with Crippen molar-refractivity contribution in [2.24, 2.45) is 0 Å². The summed E-state index contributed by atoms with van der Waals surface area (Å²) in [6.07, 6.45) is 2.50. The highest BCUT2D eigenvalue weighted by atomic mass is 19.2. The van der Waals surface area contributed by atoms with Crippen LogP contribution in [0.15, 0.2) is 18.2 Å². The standard InChI is InChI=1S/C12H13F2NO2/c13-10-5-4-9(8-11(10)14)17-12(16)15-6-2-1-3-7-15/h4-5,8H,1-3,6-7H2. The van der Waals surface area contributed by atoms with Gasteiger partial charge in [0, 0.05) is 19.2 Å². The Morgan fingerprint density at radius 1 is 1.12 bits per heavy atom. The average Bonchev–Trinajstić information content (AvgIpc) is 2.35. The maximum Gasteiger partial charge on any atom is 0.415 e. The molecule has 1 heterocycles. The molecule has 0 spiro atoms. The predicted octanol–water partition coefficient (Wildman–Crippen LogP) is 2.95. The number of hydrogen-bond donors (Lipinski definition) is 0. The normalized spacial score (nSPS) is 15.8. The molecule has 1 aromatic rings. The lowest BCUT2D eigenvalue weighted by molar-refractivity contribution is 0.142. The average molecular weight is 241 g/mol. The van der Waals surface area contributed by atoms with Crippen molar-refractivity contribution < 1.29 is 18.3 Å². The van der Waals surface area contributed by atoms with Crippen LogP contribution in [0.1, 0.15) is 19.3 Å². The minimum atomic E-state index is -1.02. The molecule has 5 heteroatoms. The Morgan fingerprint density at radius 3 is 2.47 bits per heavy atom. The van der Waals surface area contributed by atoms with E-state index in [1.807, 2.05) is 0 Å². The molecule has 0 aromatic heterocycles. The van der Waals surface area contributed by atoms with Gasteiger partial charge in [0.25, 0.3) is 0 Å². The highest BCUT2D eigenvalue weighted by Crippen LogP contribution is 2.17. The maximum atomic E-state index is 12.9. The predicted molar refractivity (Wildman–Crippen MR) is 57.8 cm³/mol. The van der Waals surface area contributed by atoms with Crippen molar-refractivity contribution in [2.45, 2.75) is 19.3 Å². The monoisotopic (exact) mass is 241 g/mol. The molecular formula is C12H13F2NO2. The molecular weight excluding hydrogens is 228 g/mol. The maximum absolute atomic E-state index is 12.9. The number of ether oxygens (including phenoxy) is 1. The van der Waals surface area contributed by atoms with Crippen LogP contribution >= 0.6 is 0 Å². The van der Waals surface area contributed by atoms with Crippen molar-refractivity contribution in [1.29, 1.82) is 0 Å². The van der Waals surface area contributed by atoms with Crippen LogP contribution in [0.3, 0.4) is 0 Å². The lowest BCUT2D eigenvalue weighted by Crippen LogP contribution is -2.37. The lowest BCUT2D eigenvalue weighted by Gasteiger charge is -2.25. The number of nitrogens with zero attached hydrogens (tertiary/aromatic N) is 1. The Kier molecular flexibility index (Phi) is 3.56. The highest BCUT2D eigenvalue weighted by Gasteiger charge is 2.18. The molecule has 1 aliphatic heterocycles. The van der Waals surface area contributed by atoms with Gasteiger partial charge in [-0.2, -0.15) is 0 Å². The van der Waals surface area contributed by atoms with Crippen LogP contribution < -0.4 is 4.74 Å². The Morgan fingerprint density at radius 2 is 1.82 bits per heavy atom. The largest absolute Gasteiger partial charge is 0.415 e. The number of piperidine rings is 1. The molecule has 1 fully saturated rings. The summed E-state index contributed by atoms with van der Waals surface area (Å²) in [7, 11) is 0. The summed E-state index contributed by atoms with van der Waals surface area (Å²) < 4.78 is 30.5. The fraction of sp³-hybridized carbons (Fsp3) is 0.417. The van der Waals surface area contributed by atoms with Crippen molar-refractivity contribution in [3.05, 3.63) is 29.8 Å². The highest BCUT2D eigenvalue weighted by molar-refractivity contribution is 5.70. The Balaban J connectivity index is 1.99. The first kappa shape index (κ1) is 11.8. The van der Waals surface area contributed by atoms with E-state index < -0.39 is 17.7 Å². The van der Waals surface area contributed by atoms with Crippen LogP contribution in [-0.2, 0) is 0 Å². The number of carbonyl (C=O) groups excluding carboxylic acids is 1. The van der Waals surface area contributed by atoms with Gasteiger partial charge in [-0.05, 0) is 31.4 Å². The van der Waals surface area contributed by atoms with E-state index in [1.54, 1.807) is 4.90 Å². The van der Waals surface area contributed by atoms with E-state index in [-0.39, 0.29) is 5.75 Å². The van der Waals surface area contributed by atoms with E-state index in [2.05, 4.69) is 0 Å². The van der Waals surface area contributed by atoms with Crippen molar-refractivity contribution in [3.63, 3.8) is 0 Å². The molecule has 0 N–H and O–H groups in total. The number of halogens is 2.